The van der Waals surface area contributed by atoms with Crippen LogP contribution in [0.4, 0.5) is 0 Å². The number of methoxy groups -OCH3 is 1. The fraction of sp³-hybridized carbons (Fsp3) is 0.538. The van der Waals surface area contributed by atoms with Crippen molar-refractivity contribution in [3.8, 4) is 11.5 Å². The lowest BCUT2D eigenvalue weighted by atomic mass is 10.2. The average Bonchev–Trinajstić information content (AvgIpc) is 2.84. The average molecular weight is 237 g/mol. The van der Waals surface area contributed by atoms with Gasteiger partial charge in [-0.1, -0.05) is 18.9 Å². The third kappa shape index (κ3) is 3.35. The molecule has 0 aromatic heterocycles. The molecule has 2 rings (SSSR count). The Bertz CT molecular complexity index is 362. The molecule has 1 aromatic rings. The molecule has 17 heavy (non-hydrogen) atoms. The summed E-state index contributed by atoms with van der Waals surface area (Å²) in [4.78, 5) is 5.53. The Morgan fingerprint density at radius 1 is 1.35 bits per heavy atom. The van der Waals surface area contributed by atoms with E-state index in [0.717, 1.165) is 18.4 Å². The fourth-order valence-electron chi connectivity index (χ4n) is 2.06. The molecule has 1 aromatic carbocycles. The SMILES string of the molecule is COc1ccc(CNOC2CCCC2)c(O)c1. The van der Waals surface area contributed by atoms with Crippen LogP contribution in [-0.2, 0) is 11.4 Å². The van der Waals surface area contributed by atoms with Crippen LogP contribution in [0.25, 0.3) is 0 Å². The number of rotatable bonds is 5. The van der Waals surface area contributed by atoms with E-state index in [-0.39, 0.29) is 5.75 Å². The zero-order valence-corrected chi connectivity index (χ0v) is 10.1. The molecule has 0 amide bonds. The molecule has 1 aliphatic carbocycles. The number of phenols is 1. The molecule has 0 radical (unpaired) electrons. The van der Waals surface area contributed by atoms with E-state index in [0.29, 0.717) is 18.4 Å². The first-order valence-electron chi connectivity index (χ1n) is 6.04. The molecule has 0 spiro atoms. The number of aromatic hydroxyl groups is 1. The highest BCUT2D eigenvalue weighted by Crippen LogP contribution is 2.24. The molecule has 0 unspecified atom stereocenters. The summed E-state index contributed by atoms with van der Waals surface area (Å²) in [5, 5.41) is 9.74. The van der Waals surface area contributed by atoms with E-state index in [4.69, 9.17) is 9.57 Å². The van der Waals surface area contributed by atoms with Crippen LogP contribution < -0.4 is 10.2 Å². The number of ether oxygens (including phenoxy) is 1. The minimum Gasteiger partial charge on any atom is -0.507 e. The van der Waals surface area contributed by atoms with E-state index < -0.39 is 0 Å². The monoisotopic (exact) mass is 237 g/mol. The van der Waals surface area contributed by atoms with Crippen molar-refractivity contribution in [2.75, 3.05) is 7.11 Å². The van der Waals surface area contributed by atoms with E-state index in [1.54, 1.807) is 13.2 Å². The summed E-state index contributed by atoms with van der Waals surface area (Å²) in [7, 11) is 1.58. The van der Waals surface area contributed by atoms with Gasteiger partial charge in [0.1, 0.15) is 11.5 Å². The van der Waals surface area contributed by atoms with Gasteiger partial charge in [0.15, 0.2) is 0 Å². The Morgan fingerprint density at radius 2 is 2.12 bits per heavy atom. The molecule has 2 N–H and O–H groups in total. The van der Waals surface area contributed by atoms with Crippen LogP contribution in [0.5, 0.6) is 11.5 Å². The lowest BCUT2D eigenvalue weighted by Crippen LogP contribution is -2.21. The van der Waals surface area contributed by atoms with Crippen molar-refractivity contribution in [2.24, 2.45) is 0 Å². The summed E-state index contributed by atoms with van der Waals surface area (Å²) in [5.74, 6) is 0.884. The Balaban J connectivity index is 1.81. The summed E-state index contributed by atoms with van der Waals surface area (Å²) in [6, 6.07) is 5.26. The highest BCUT2D eigenvalue weighted by molar-refractivity contribution is 5.39. The van der Waals surface area contributed by atoms with Crippen LogP contribution in [0.1, 0.15) is 31.2 Å². The topological polar surface area (TPSA) is 50.7 Å². The Hall–Kier alpha value is -1.26. The molecule has 0 bridgehead atoms. The lowest BCUT2D eigenvalue weighted by molar-refractivity contribution is -0.0246. The van der Waals surface area contributed by atoms with Gasteiger partial charge in [-0.05, 0) is 18.9 Å². The Morgan fingerprint density at radius 3 is 2.76 bits per heavy atom. The van der Waals surface area contributed by atoms with Crippen molar-refractivity contribution in [3.63, 3.8) is 0 Å². The van der Waals surface area contributed by atoms with Crippen molar-refractivity contribution in [3.05, 3.63) is 23.8 Å². The molecule has 0 aliphatic heterocycles. The normalized spacial score (nSPS) is 16.3. The van der Waals surface area contributed by atoms with E-state index in [9.17, 15) is 5.11 Å². The van der Waals surface area contributed by atoms with Crippen LogP contribution in [0.3, 0.4) is 0 Å². The molecule has 0 saturated heterocycles. The summed E-state index contributed by atoms with van der Waals surface area (Å²) >= 11 is 0. The molecule has 0 atom stereocenters. The first-order chi connectivity index (χ1) is 8.29. The number of phenolic OH excluding ortho intramolecular Hbond substituents is 1. The van der Waals surface area contributed by atoms with Gasteiger partial charge in [0.2, 0.25) is 0 Å². The number of hydrogen-bond acceptors (Lipinski definition) is 4. The smallest absolute Gasteiger partial charge is 0.123 e. The highest BCUT2D eigenvalue weighted by atomic mass is 16.7. The number of hydrogen-bond donors (Lipinski definition) is 2. The summed E-state index contributed by atoms with van der Waals surface area (Å²) in [6.45, 7) is 0.506. The molecule has 1 aliphatic rings. The quantitative estimate of drug-likeness (QED) is 0.772. The fourth-order valence-corrected chi connectivity index (χ4v) is 2.06. The van der Waals surface area contributed by atoms with Crippen LogP contribution in [0, 0.1) is 0 Å². The Kier molecular flexibility index (Phi) is 4.23. The van der Waals surface area contributed by atoms with E-state index in [1.807, 2.05) is 12.1 Å². The minimum atomic E-state index is 0.229. The number of benzene rings is 1. The molecule has 1 fully saturated rings. The van der Waals surface area contributed by atoms with Crippen molar-refractivity contribution in [2.45, 2.75) is 38.3 Å². The van der Waals surface area contributed by atoms with Gasteiger partial charge >= 0.3 is 0 Å². The molecule has 4 nitrogen and oxygen atoms in total. The lowest BCUT2D eigenvalue weighted by Gasteiger charge is -2.12. The van der Waals surface area contributed by atoms with Gasteiger partial charge in [-0.2, -0.15) is 5.48 Å². The second kappa shape index (κ2) is 5.89. The number of nitrogens with one attached hydrogen (secondary N) is 1. The van der Waals surface area contributed by atoms with Crippen molar-refractivity contribution in [1.82, 2.24) is 5.48 Å². The van der Waals surface area contributed by atoms with Crippen molar-refractivity contribution < 1.29 is 14.7 Å². The van der Waals surface area contributed by atoms with Crippen molar-refractivity contribution >= 4 is 0 Å². The predicted molar refractivity (Wildman–Crippen MR) is 64.8 cm³/mol. The zero-order chi connectivity index (χ0) is 12.1. The summed E-state index contributed by atoms with van der Waals surface area (Å²) in [6.07, 6.45) is 5.08. The molecule has 0 heterocycles. The minimum absolute atomic E-state index is 0.229. The second-order valence-corrected chi connectivity index (χ2v) is 4.34. The maximum absolute atomic E-state index is 9.74. The van der Waals surface area contributed by atoms with E-state index in [2.05, 4.69) is 5.48 Å². The van der Waals surface area contributed by atoms with Gasteiger partial charge < -0.3 is 9.84 Å². The molecular formula is C13H19NO3. The van der Waals surface area contributed by atoms with Crippen LogP contribution in [0.2, 0.25) is 0 Å². The third-order valence-electron chi connectivity index (χ3n) is 3.11. The zero-order valence-electron chi connectivity index (χ0n) is 10.1. The summed E-state index contributed by atoms with van der Waals surface area (Å²) in [5.41, 5.74) is 3.73. The van der Waals surface area contributed by atoms with Gasteiger partial charge in [-0.3, -0.25) is 4.84 Å². The van der Waals surface area contributed by atoms with Gasteiger partial charge in [0.25, 0.3) is 0 Å². The third-order valence-corrected chi connectivity index (χ3v) is 3.11. The number of hydroxylamine groups is 1. The van der Waals surface area contributed by atoms with Gasteiger partial charge in [0.05, 0.1) is 13.2 Å². The van der Waals surface area contributed by atoms with Crippen LogP contribution >= 0.6 is 0 Å². The largest absolute Gasteiger partial charge is 0.507 e. The second-order valence-electron chi connectivity index (χ2n) is 4.34. The van der Waals surface area contributed by atoms with Gasteiger partial charge in [0, 0.05) is 18.2 Å². The van der Waals surface area contributed by atoms with Crippen molar-refractivity contribution in [1.29, 1.82) is 0 Å². The molecule has 1 saturated carbocycles. The van der Waals surface area contributed by atoms with E-state index >= 15 is 0 Å². The maximum atomic E-state index is 9.74. The van der Waals surface area contributed by atoms with Gasteiger partial charge in [-0.25, -0.2) is 0 Å². The molecule has 94 valence electrons. The first kappa shape index (κ1) is 12.2. The predicted octanol–water partition coefficient (Wildman–Crippen LogP) is 2.36. The van der Waals surface area contributed by atoms with Crippen LogP contribution in [0.15, 0.2) is 18.2 Å². The molecular weight excluding hydrogens is 218 g/mol. The van der Waals surface area contributed by atoms with Gasteiger partial charge in [-0.15, -0.1) is 0 Å². The maximum Gasteiger partial charge on any atom is 0.123 e. The van der Waals surface area contributed by atoms with Crippen LogP contribution in [-0.4, -0.2) is 18.3 Å². The Labute approximate surface area is 102 Å². The van der Waals surface area contributed by atoms with E-state index in [1.165, 1.54) is 12.8 Å². The first-order valence-corrected chi connectivity index (χ1v) is 6.04. The standard InChI is InChI=1S/C13H19NO3/c1-16-12-7-6-10(13(15)8-12)9-14-17-11-4-2-3-5-11/h6-8,11,14-15H,2-5,9H2,1H3. The highest BCUT2D eigenvalue weighted by Gasteiger charge is 2.15. The molecule has 4 heteroatoms. The summed E-state index contributed by atoms with van der Waals surface area (Å²) < 4.78 is 5.02.